The summed E-state index contributed by atoms with van der Waals surface area (Å²) in [6.45, 7) is 2.64. The molecule has 0 radical (unpaired) electrons. The molecule has 0 unspecified atom stereocenters. The minimum atomic E-state index is -3.35. The van der Waals surface area contributed by atoms with Gasteiger partial charge in [-0.25, -0.2) is 13.1 Å². The molecule has 5 heteroatoms. The predicted molar refractivity (Wildman–Crippen MR) is 73.5 cm³/mol. The Labute approximate surface area is 112 Å². The Morgan fingerprint density at radius 2 is 2.00 bits per heavy atom. The van der Waals surface area contributed by atoms with Crippen LogP contribution in [-0.2, 0) is 10.0 Å². The Bertz CT molecular complexity index is 446. The van der Waals surface area contributed by atoms with E-state index in [4.69, 9.17) is 0 Å². The highest BCUT2D eigenvalue weighted by molar-refractivity contribution is 9.10. The largest absolute Gasteiger partial charge is 0.240 e. The second-order valence-electron chi connectivity index (χ2n) is 3.92. The van der Waals surface area contributed by atoms with Crippen LogP contribution in [0.1, 0.15) is 32.6 Å². The summed E-state index contributed by atoms with van der Waals surface area (Å²) in [4.78, 5) is 0.308. The Morgan fingerprint density at radius 1 is 1.24 bits per heavy atom. The van der Waals surface area contributed by atoms with E-state index in [-0.39, 0.29) is 0 Å². The van der Waals surface area contributed by atoms with Crippen molar-refractivity contribution in [2.24, 2.45) is 0 Å². The van der Waals surface area contributed by atoms with Gasteiger partial charge in [0.05, 0.1) is 4.90 Å². The number of hydrogen-bond acceptors (Lipinski definition) is 2. The Morgan fingerprint density at radius 3 is 2.65 bits per heavy atom. The lowest BCUT2D eigenvalue weighted by Gasteiger charge is -2.06. The Kier molecular flexibility index (Phi) is 6.16. The second-order valence-corrected chi connectivity index (χ2v) is 6.60. The predicted octanol–water partition coefficient (Wildman–Crippen LogP) is 3.31. The lowest BCUT2D eigenvalue weighted by molar-refractivity contribution is 0.573. The molecule has 1 rings (SSSR count). The van der Waals surface area contributed by atoms with Gasteiger partial charge < -0.3 is 0 Å². The first kappa shape index (κ1) is 14.7. The van der Waals surface area contributed by atoms with Gasteiger partial charge in [0.15, 0.2) is 0 Å². The zero-order valence-corrected chi connectivity index (χ0v) is 12.4. The maximum atomic E-state index is 11.9. The van der Waals surface area contributed by atoms with Crippen LogP contribution < -0.4 is 4.72 Å². The molecule has 0 aliphatic rings. The summed E-state index contributed by atoms with van der Waals surface area (Å²) in [6.07, 6.45) is 4.26. The molecule has 1 aromatic carbocycles. The van der Waals surface area contributed by atoms with Crippen LogP contribution in [0.25, 0.3) is 0 Å². The summed E-state index contributed by atoms with van der Waals surface area (Å²) < 4.78 is 27.2. The van der Waals surface area contributed by atoms with E-state index >= 15 is 0 Å². The molecule has 0 bridgehead atoms. The topological polar surface area (TPSA) is 46.2 Å². The quantitative estimate of drug-likeness (QED) is 0.784. The fourth-order valence-corrected chi connectivity index (χ4v) is 3.15. The van der Waals surface area contributed by atoms with Crippen molar-refractivity contribution in [3.05, 3.63) is 28.7 Å². The van der Waals surface area contributed by atoms with Crippen molar-refractivity contribution >= 4 is 26.0 Å². The molecule has 0 spiro atoms. The highest BCUT2D eigenvalue weighted by atomic mass is 79.9. The van der Waals surface area contributed by atoms with Gasteiger partial charge in [-0.1, -0.05) is 48.2 Å². The molecule has 0 aromatic heterocycles. The molecular formula is C12H18BrNO2S. The van der Waals surface area contributed by atoms with Gasteiger partial charge in [-0.05, 0) is 24.6 Å². The van der Waals surface area contributed by atoms with Crippen LogP contribution >= 0.6 is 15.9 Å². The molecule has 0 aliphatic carbocycles. The number of rotatable bonds is 7. The van der Waals surface area contributed by atoms with Crippen molar-refractivity contribution in [1.29, 1.82) is 0 Å². The molecule has 0 heterocycles. The monoisotopic (exact) mass is 319 g/mol. The highest BCUT2D eigenvalue weighted by Gasteiger charge is 2.12. The molecule has 1 aromatic rings. The third kappa shape index (κ3) is 5.19. The number of halogens is 1. The molecule has 0 amide bonds. The molecule has 0 saturated heterocycles. The molecule has 3 nitrogen and oxygen atoms in total. The van der Waals surface area contributed by atoms with Crippen LogP contribution in [0.4, 0.5) is 0 Å². The fourth-order valence-electron chi connectivity index (χ4n) is 1.48. The van der Waals surface area contributed by atoms with Crippen LogP contribution in [0.15, 0.2) is 33.6 Å². The molecular weight excluding hydrogens is 302 g/mol. The maximum Gasteiger partial charge on any atom is 0.240 e. The van der Waals surface area contributed by atoms with Crippen LogP contribution in [0.3, 0.4) is 0 Å². The molecule has 0 atom stereocenters. The summed E-state index contributed by atoms with van der Waals surface area (Å²) in [6, 6.07) is 6.73. The van der Waals surface area contributed by atoms with Crippen LogP contribution in [0, 0.1) is 0 Å². The van der Waals surface area contributed by atoms with Crippen molar-refractivity contribution in [2.75, 3.05) is 6.54 Å². The normalized spacial score (nSPS) is 11.6. The summed E-state index contributed by atoms with van der Waals surface area (Å²) in [7, 11) is -3.35. The third-order valence-electron chi connectivity index (χ3n) is 2.43. The first-order valence-corrected chi connectivity index (χ1v) is 8.09. The van der Waals surface area contributed by atoms with Gasteiger partial charge in [0.25, 0.3) is 0 Å². The molecule has 0 fully saturated rings. The minimum absolute atomic E-state index is 0.308. The molecule has 17 heavy (non-hydrogen) atoms. The molecule has 96 valence electrons. The van der Waals surface area contributed by atoms with Gasteiger partial charge in [-0.2, -0.15) is 0 Å². The van der Waals surface area contributed by atoms with E-state index in [1.54, 1.807) is 24.3 Å². The first-order valence-electron chi connectivity index (χ1n) is 5.81. The summed E-state index contributed by atoms with van der Waals surface area (Å²) in [5, 5.41) is 0. The average Bonchev–Trinajstić information content (AvgIpc) is 2.29. The first-order chi connectivity index (χ1) is 8.06. The molecule has 1 N–H and O–H groups in total. The van der Waals surface area contributed by atoms with Crippen molar-refractivity contribution < 1.29 is 8.42 Å². The molecule has 0 aliphatic heterocycles. The summed E-state index contributed by atoms with van der Waals surface area (Å²) in [5.41, 5.74) is 0. The zero-order chi connectivity index (χ0) is 12.7. The van der Waals surface area contributed by atoms with Gasteiger partial charge in [0.2, 0.25) is 10.0 Å². The van der Waals surface area contributed by atoms with E-state index < -0.39 is 10.0 Å². The molecule has 0 saturated carbocycles. The van der Waals surface area contributed by atoms with Gasteiger partial charge in [-0.3, -0.25) is 0 Å². The number of benzene rings is 1. The van der Waals surface area contributed by atoms with E-state index in [1.165, 1.54) is 0 Å². The number of sulfonamides is 1. The van der Waals surface area contributed by atoms with Gasteiger partial charge >= 0.3 is 0 Å². The van der Waals surface area contributed by atoms with Crippen LogP contribution in [0.2, 0.25) is 0 Å². The van der Waals surface area contributed by atoms with Gasteiger partial charge in [0.1, 0.15) is 0 Å². The van der Waals surface area contributed by atoms with Crippen molar-refractivity contribution in [3.8, 4) is 0 Å². The van der Waals surface area contributed by atoms with E-state index in [1.807, 2.05) is 0 Å². The number of hydrogen-bond donors (Lipinski definition) is 1. The SMILES string of the molecule is CCCCCCNS(=O)(=O)c1cccc(Br)c1. The maximum absolute atomic E-state index is 11.9. The summed E-state index contributed by atoms with van der Waals surface area (Å²) >= 11 is 3.26. The van der Waals surface area contributed by atoms with Crippen molar-refractivity contribution in [2.45, 2.75) is 37.5 Å². The zero-order valence-electron chi connectivity index (χ0n) is 9.95. The minimum Gasteiger partial charge on any atom is -0.211 e. The van der Waals surface area contributed by atoms with Crippen LogP contribution in [0.5, 0.6) is 0 Å². The van der Waals surface area contributed by atoms with E-state index in [0.29, 0.717) is 11.4 Å². The Hall–Kier alpha value is -0.390. The number of unbranched alkanes of at least 4 members (excludes halogenated alkanes) is 3. The third-order valence-corrected chi connectivity index (χ3v) is 4.38. The average molecular weight is 320 g/mol. The van der Waals surface area contributed by atoms with Crippen LogP contribution in [-0.4, -0.2) is 15.0 Å². The second kappa shape index (κ2) is 7.13. The van der Waals surface area contributed by atoms with Gasteiger partial charge in [0, 0.05) is 11.0 Å². The number of nitrogens with one attached hydrogen (secondary N) is 1. The van der Waals surface area contributed by atoms with Gasteiger partial charge in [-0.15, -0.1) is 0 Å². The smallest absolute Gasteiger partial charge is 0.211 e. The van der Waals surface area contributed by atoms with Crippen molar-refractivity contribution in [1.82, 2.24) is 4.72 Å². The Balaban J connectivity index is 2.51. The highest BCUT2D eigenvalue weighted by Crippen LogP contribution is 2.15. The van der Waals surface area contributed by atoms with E-state index in [9.17, 15) is 8.42 Å². The fraction of sp³-hybridized carbons (Fsp3) is 0.500. The summed E-state index contributed by atoms with van der Waals surface area (Å²) in [5.74, 6) is 0. The lowest BCUT2D eigenvalue weighted by atomic mass is 10.2. The standard InChI is InChI=1S/C12H18BrNO2S/c1-2-3-4-5-9-14-17(15,16)12-8-6-7-11(13)10-12/h6-8,10,14H,2-5,9H2,1H3. The lowest BCUT2D eigenvalue weighted by Crippen LogP contribution is -2.24. The van der Waals surface area contributed by atoms with Crippen molar-refractivity contribution in [3.63, 3.8) is 0 Å². The van der Waals surface area contributed by atoms with E-state index in [2.05, 4.69) is 27.6 Å². The van der Waals surface area contributed by atoms with E-state index in [0.717, 1.165) is 30.2 Å².